The molecule has 4 rings (SSSR count). The van der Waals surface area contributed by atoms with E-state index in [1.807, 2.05) is 23.5 Å². The Balaban J connectivity index is 1.58. The zero-order valence-electron chi connectivity index (χ0n) is 11.5. The first-order valence-electron chi connectivity index (χ1n) is 7.01. The van der Waals surface area contributed by atoms with Crippen LogP contribution in [0, 0.1) is 0 Å². The second-order valence-corrected chi connectivity index (χ2v) is 7.08. The van der Waals surface area contributed by atoms with Crippen LogP contribution in [0.3, 0.4) is 0 Å². The monoisotopic (exact) mass is 309 g/mol. The van der Waals surface area contributed by atoms with Gasteiger partial charge < -0.3 is 5.32 Å². The van der Waals surface area contributed by atoms with Crippen molar-refractivity contribution in [2.75, 3.05) is 11.2 Å². The van der Waals surface area contributed by atoms with E-state index < -0.39 is 0 Å². The third-order valence-corrected chi connectivity index (χ3v) is 5.72. The SMILES string of the molecule is c1ccc(SCNc2ccc3c4c(cccc24)SC3)cc1. The molecule has 0 spiro atoms. The van der Waals surface area contributed by atoms with Crippen LogP contribution in [0.2, 0.25) is 0 Å². The summed E-state index contributed by atoms with van der Waals surface area (Å²) < 4.78 is 0. The first-order valence-corrected chi connectivity index (χ1v) is 8.98. The molecule has 0 saturated heterocycles. The standard InChI is InChI=1S/C18H15NS2/c1-2-5-14(6-3-1)21-12-19-16-10-9-13-11-20-17-8-4-7-15(16)18(13)17/h1-10,19H,11-12H2. The summed E-state index contributed by atoms with van der Waals surface area (Å²) >= 11 is 3.77. The minimum Gasteiger partial charge on any atom is -0.375 e. The van der Waals surface area contributed by atoms with Crippen molar-refractivity contribution in [1.29, 1.82) is 0 Å². The fourth-order valence-electron chi connectivity index (χ4n) is 2.71. The predicted octanol–water partition coefficient (Wildman–Crippen LogP) is 5.61. The largest absolute Gasteiger partial charge is 0.375 e. The summed E-state index contributed by atoms with van der Waals surface area (Å²) in [6.45, 7) is 0. The molecule has 0 aromatic heterocycles. The van der Waals surface area contributed by atoms with Gasteiger partial charge in [0.15, 0.2) is 0 Å². The van der Waals surface area contributed by atoms with Gasteiger partial charge in [-0.3, -0.25) is 0 Å². The number of thioether (sulfide) groups is 2. The van der Waals surface area contributed by atoms with Crippen molar-refractivity contribution in [1.82, 2.24) is 0 Å². The molecule has 3 aromatic rings. The molecule has 104 valence electrons. The number of hydrogen-bond donors (Lipinski definition) is 1. The number of hydrogen-bond acceptors (Lipinski definition) is 3. The molecule has 1 aliphatic heterocycles. The molecule has 1 aliphatic rings. The maximum Gasteiger partial charge on any atom is 0.0657 e. The van der Waals surface area contributed by atoms with E-state index >= 15 is 0 Å². The quantitative estimate of drug-likeness (QED) is 0.497. The van der Waals surface area contributed by atoms with Crippen LogP contribution in [-0.4, -0.2) is 5.88 Å². The number of benzene rings is 3. The third kappa shape index (κ3) is 2.52. The van der Waals surface area contributed by atoms with Gasteiger partial charge in [0.1, 0.15) is 0 Å². The van der Waals surface area contributed by atoms with E-state index in [1.54, 1.807) is 0 Å². The smallest absolute Gasteiger partial charge is 0.0657 e. The van der Waals surface area contributed by atoms with E-state index in [-0.39, 0.29) is 0 Å². The van der Waals surface area contributed by atoms with Gasteiger partial charge in [0.2, 0.25) is 0 Å². The molecule has 0 saturated carbocycles. The Morgan fingerprint density at radius 2 is 1.86 bits per heavy atom. The zero-order chi connectivity index (χ0) is 14.1. The van der Waals surface area contributed by atoms with Crippen LogP contribution in [0.15, 0.2) is 70.5 Å². The molecular formula is C18H15NS2. The lowest BCUT2D eigenvalue weighted by Gasteiger charge is -2.11. The van der Waals surface area contributed by atoms with Gasteiger partial charge in [0, 0.05) is 32.0 Å². The number of anilines is 1. The summed E-state index contributed by atoms with van der Waals surface area (Å²) in [6, 6.07) is 21.6. The highest BCUT2D eigenvalue weighted by Crippen LogP contribution is 2.42. The molecule has 0 aliphatic carbocycles. The van der Waals surface area contributed by atoms with E-state index in [4.69, 9.17) is 0 Å². The van der Waals surface area contributed by atoms with Gasteiger partial charge >= 0.3 is 0 Å². The summed E-state index contributed by atoms with van der Waals surface area (Å²) in [7, 11) is 0. The molecule has 0 fully saturated rings. The molecular weight excluding hydrogens is 294 g/mol. The average Bonchev–Trinajstić information content (AvgIpc) is 2.96. The Bertz CT molecular complexity index is 774. The normalized spacial score (nSPS) is 12.8. The van der Waals surface area contributed by atoms with Crippen molar-refractivity contribution in [2.45, 2.75) is 15.5 Å². The predicted molar refractivity (Wildman–Crippen MR) is 94.3 cm³/mol. The first kappa shape index (κ1) is 13.1. The summed E-state index contributed by atoms with van der Waals surface area (Å²) in [6.07, 6.45) is 0. The van der Waals surface area contributed by atoms with Gasteiger partial charge in [-0.1, -0.05) is 36.4 Å². The molecule has 3 heteroatoms. The lowest BCUT2D eigenvalue weighted by molar-refractivity contribution is 1.41. The highest BCUT2D eigenvalue weighted by molar-refractivity contribution is 7.99. The second kappa shape index (κ2) is 5.66. The van der Waals surface area contributed by atoms with Crippen molar-refractivity contribution < 1.29 is 0 Å². The van der Waals surface area contributed by atoms with E-state index in [0.29, 0.717) is 0 Å². The van der Waals surface area contributed by atoms with Crippen molar-refractivity contribution >= 4 is 40.0 Å². The molecule has 0 radical (unpaired) electrons. The summed E-state index contributed by atoms with van der Waals surface area (Å²) in [5.41, 5.74) is 2.70. The van der Waals surface area contributed by atoms with Crippen molar-refractivity contribution in [3.05, 3.63) is 66.2 Å². The maximum absolute atomic E-state index is 3.57. The van der Waals surface area contributed by atoms with Crippen LogP contribution in [-0.2, 0) is 5.75 Å². The lowest BCUT2D eigenvalue weighted by Crippen LogP contribution is -1.98. The fourth-order valence-corrected chi connectivity index (χ4v) is 4.56. The first-order chi connectivity index (χ1) is 10.4. The minimum absolute atomic E-state index is 0.885. The Hall–Kier alpha value is -1.58. The Morgan fingerprint density at radius 1 is 0.952 bits per heavy atom. The van der Waals surface area contributed by atoms with E-state index in [2.05, 4.69) is 66.0 Å². The van der Waals surface area contributed by atoms with Crippen LogP contribution in [0.1, 0.15) is 5.56 Å². The maximum atomic E-state index is 3.57. The Morgan fingerprint density at radius 3 is 2.76 bits per heavy atom. The third-order valence-electron chi connectivity index (χ3n) is 3.72. The van der Waals surface area contributed by atoms with E-state index in [1.165, 1.54) is 31.8 Å². The Labute approximate surface area is 133 Å². The molecule has 0 bridgehead atoms. The lowest BCUT2D eigenvalue weighted by atomic mass is 10.0. The van der Waals surface area contributed by atoms with E-state index in [9.17, 15) is 0 Å². The van der Waals surface area contributed by atoms with Crippen molar-refractivity contribution in [3.63, 3.8) is 0 Å². The van der Waals surface area contributed by atoms with Crippen LogP contribution in [0.4, 0.5) is 5.69 Å². The topological polar surface area (TPSA) is 12.0 Å². The zero-order valence-corrected chi connectivity index (χ0v) is 13.1. The minimum atomic E-state index is 0.885. The molecule has 0 atom stereocenters. The van der Waals surface area contributed by atoms with Crippen molar-refractivity contribution in [2.24, 2.45) is 0 Å². The molecule has 21 heavy (non-hydrogen) atoms. The van der Waals surface area contributed by atoms with E-state index in [0.717, 1.165) is 11.6 Å². The van der Waals surface area contributed by atoms with Gasteiger partial charge in [-0.15, -0.1) is 23.5 Å². The van der Waals surface area contributed by atoms with Crippen LogP contribution >= 0.6 is 23.5 Å². The van der Waals surface area contributed by atoms with Gasteiger partial charge in [-0.05, 0) is 29.8 Å². The highest BCUT2D eigenvalue weighted by Gasteiger charge is 2.15. The fraction of sp³-hybridized carbons (Fsp3) is 0.111. The Kier molecular flexibility index (Phi) is 3.53. The van der Waals surface area contributed by atoms with Gasteiger partial charge in [0.25, 0.3) is 0 Å². The summed E-state index contributed by atoms with van der Waals surface area (Å²) in [5, 5.41) is 6.36. The number of rotatable bonds is 4. The van der Waals surface area contributed by atoms with Crippen molar-refractivity contribution in [3.8, 4) is 0 Å². The number of nitrogens with one attached hydrogen (secondary N) is 1. The molecule has 0 unspecified atom stereocenters. The molecule has 1 nitrogen and oxygen atoms in total. The molecule has 0 amide bonds. The highest BCUT2D eigenvalue weighted by atomic mass is 32.2. The van der Waals surface area contributed by atoms with Crippen LogP contribution in [0.25, 0.3) is 10.8 Å². The van der Waals surface area contributed by atoms with Gasteiger partial charge in [-0.2, -0.15) is 0 Å². The molecule has 1 heterocycles. The summed E-state index contributed by atoms with van der Waals surface area (Å²) in [5.74, 6) is 1.99. The van der Waals surface area contributed by atoms with Gasteiger partial charge in [0.05, 0.1) is 5.88 Å². The van der Waals surface area contributed by atoms with Crippen LogP contribution < -0.4 is 5.32 Å². The van der Waals surface area contributed by atoms with Crippen LogP contribution in [0.5, 0.6) is 0 Å². The molecule has 1 N–H and O–H groups in total. The van der Waals surface area contributed by atoms with Gasteiger partial charge in [-0.25, -0.2) is 0 Å². The molecule has 3 aromatic carbocycles. The average molecular weight is 309 g/mol. The second-order valence-electron chi connectivity index (χ2n) is 5.02. The summed E-state index contributed by atoms with van der Waals surface area (Å²) in [4.78, 5) is 2.72.